The van der Waals surface area contributed by atoms with E-state index in [0.717, 1.165) is 0 Å². The predicted molar refractivity (Wildman–Crippen MR) is 59.2 cm³/mol. The highest BCUT2D eigenvalue weighted by Gasteiger charge is 2.15. The molecule has 0 aliphatic carbocycles. The van der Waals surface area contributed by atoms with Crippen LogP contribution in [0.5, 0.6) is 0 Å². The second kappa shape index (κ2) is 5.92. The lowest BCUT2D eigenvalue weighted by Crippen LogP contribution is -2.36. The minimum absolute atomic E-state index is 0.0160. The Hall–Kier alpha value is -0.820. The summed E-state index contributed by atoms with van der Waals surface area (Å²) in [7, 11) is -3.26. The van der Waals surface area contributed by atoms with Crippen LogP contribution in [0.2, 0.25) is 0 Å². The molecule has 0 bridgehead atoms. The zero-order chi connectivity index (χ0) is 12.1. The van der Waals surface area contributed by atoms with Crippen molar-refractivity contribution in [1.29, 1.82) is 0 Å². The fourth-order valence-corrected chi connectivity index (χ4v) is 2.45. The molecule has 0 aromatic rings. The van der Waals surface area contributed by atoms with Crippen LogP contribution in [0.1, 0.15) is 20.8 Å². The van der Waals surface area contributed by atoms with Gasteiger partial charge in [-0.25, -0.2) is 13.1 Å². The Morgan fingerprint density at radius 1 is 1.47 bits per heavy atom. The van der Waals surface area contributed by atoms with Crippen molar-refractivity contribution < 1.29 is 13.6 Å². The lowest BCUT2D eigenvalue weighted by molar-refractivity contribution is 0.314. The largest absolute Gasteiger partial charge is 0.409 e. The zero-order valence-electron chi connectivity index (χ0n) is 9.27. The summed E-state index contributed by atoms with van der Waals surface area (Å²) in [5.41, 5.74) is 5.31. The minimum Gasteiger partial charge on any atom is -0.409 e. The van der Waals surface area contributed by atoms with Crippen LogP contribution in [-0.2, 0) is 10.0 Å². The summed E-state index contributed by atoms with van der Waals surface area (Å²) < 4.78 is 25.2. The third-order valence-electron chi connectivity index (χ3n) is 1.78. The number of hydrogen-bond acceptors (Lipinski definition) is 4. The van der Waals surface area contributed by atoms with E-state index in [4.69, 9.17) is 10.9 Å². The van der Waals surface area contributed by atoms with Crippen LogP contribution in [0.25, 0.3) is 0 Å². The van der Waals surface area contributed by atoms with E-state index in [2.05, 4.69) is 9.88 Å². The Kier molecular flexibility index (Phi) is 5.59. The summed E-state index contributed by atoms with van der Waals surface area (Å²) in [6, 6.07) is 0. The van der Waals surface area contributed by atoms with Gasteiger partial charge in [0.25, 0.3) is 0 Å². The fourth-order valence-electron chi connectivity index (χ4n) is 0.953. The standard InChI is InChI=1S/C8H19N3O3S/c1-6(2)5-15(13,14)10-4-7(3)8(9)11-12/h6-7,10,12H,4-5H2,1-3H3,(H2,9,11). The number of nitrogens with two attached hydrogens (primary N) is 1. The molecule has 0 spiro atoms. The third-order valence-corrected chi connectivity index (χ3v) is 3.49. The first-order valence-electron chi connectivity index (χ1n) is 4.73. The first-order valence-corrected chi connectivity index (χ1v) is 6.38. The zero-order valence-corrected chi connectivity index (χ0v) is 10.1. The highest BCUT2D eigenvalue weighted by atomic mass is 32.2. The highest BCUT2D eigenvalue weighted by molar-refractivity contribution is 7.89. The van der Waals surface area contributed by atoms with Crippen LogP contribution in [0.4, 0.5) is 0 Å². The molecule has 0 aromatic heterocycles. The molecule has 90 valence electrons. The molecule has 15 heavy (non-hydrogen) atoms. The van der Waals surface area contributed by atoms with Gasteiger partial charge in [-0.2, -0.15) is 0 Å². The molecular weight excluding hydrogens is 218 g/mol. The summed E-state index contributed by atoms with van der Waals surface area (Å²) in [5, 5.41) is 11.2. The summed E-state index contributed by atoms with van der Waals surface area (Å²) in [6.07, 6.45) is 0. The second-order valence-electron chi connectivity index (χ2n) is 3.95. The van der Waals surface area contributed by atoms with Gasteiger partial charge in [0.05, 0.1) is 5.75 Å². The Bertz CT molecular complexity index is 311. The third kappa shape index (κ3) is 6.29. The van der Waals surface area contributed by atoms with Crippen molar-refractivity contribution in [2.24, 2.45) is 22.7 Å². The van der Waals surface area contributed by atoms with Crippen LogP contribution < -0.4 is 10.5 Å². The molecule has 1 unspecified atom stereocenters. The number of rotatable bonds is 6. The lowest BCUT2D eigenvalue weighted by atomic mass is 10.2. The van der Waals surface area contributed by atoms with Gasteiger partial charge in [-0.3, -0.25) is 0 Å². The molecule has 0 heterocycles. The Balaban J connectivity index is 4.16. The molecule has 0 saturated carbocycles. The van der Waals surface area contributed by atoms with E-state index in [-0.39, 0.29) is 30.0 Å². The first kappa shape index (κ1) is 14.2. The topological polar surface area (TPSA) is 105 Å². The predicted octanol–water partition coefficient (Wildman–Crippen LogP) is -0.0557. The van der Waals surface area contributed by atoms with Crippen LogP contribution >= 0.6 is 0 Å². The number of hydrogen-bond donors (Lipinski definition) is 3. The molecule has 0 rings (SSSR count). The van der Waals surface area contributed by atoms with Crippen LogP contribution in [-0.4, -0.2) is 31.8 Å². The maximum atomic E-state index is 11.4. The number of nitrogens with zero attached hydrogens (tertiary/aromatic N) is 1. The summed E-state index contributed by atoms with van der Waals surface area (Å²) in [6.45, 7) is 5.47. The van der Waals surface area contributed by atoms with E-state index >= 15 is 0 Å². The molecule has 0 amide bonds. The summed E-state index contributed by atoms with van der Waals surface area (Å²) in [5.74, 6) is -0.156. The monoisotopic (exact) mass is 237 g/mol. The molecule has 0 aliphatic heterocycles. The SMILES string of the molecule is CC(C)CS(=O)(=O)NCC(C)C(N)=NO. The maximum absolute atomic E-state index is 11.4. The van der Waals surface area contributed by atoms with Gasteiger partial charge in [-0.05, 0) is 5.92 Å². The normalized spacial score (nSPS) is 15.6. The van der Waals surface area contributed by atoms with E-state index in [1.807, 2.05) is 13.8 Å². The quantitative estimate of drug-likeness (QED) is 0.260. The van der Waals surface area contributed by atoms with Gasteiger partial charge in [0.15, 0.2) is 0 Å². The van der Waals surface area contributed by atoms with Crippen molar-refractivity contribution in [3.05, 3.63) is 0 Å². The Labute approximate surface area is 90.6 Å². The van der Waals surface area contributed by atoms with Gasteiger partial charge in [-0.1, -0.05) is 25.9 Å². The molecule has 1 atom stereocenters. The van der Waals surface area contributed by atoms with Crippen molar-refractivity contribution >= 4 is 15.9 Å². The van der Waals surface area contributed by atoms with Gasteiger partial charge in [-0.15, -0.1) is 0 Å². The highest BCUT2D eigenvalue weighted by Crippen LogP contribution is 1.99. The van der Waals surface area contributed by atoms with E-state index in [9.17, 15) is 8.42 Å². The number of nitrogens with one attached hydrogen (secondary N) is 1. The second-order valence-corrected chi connectivity index (χ2v) is 5.80. The molecule has 6 nitrogen and oxygen atoms in total. The van der Waals surface area contributed by atoms with E-state index in [1.165, 1.54) is 0 Å². The van der Waals surface area contributed by atoms with Gasteiger partial charge in [0, 0.05) is 12.5 Å². The average molecular weight is 237 g/mol. The first-order chi connectivity index (χ1) is 6.78. The number of sulfonamides is 1. The van der Waals surface area contributed by atoms with Crippen LogP contribution in [0, 0.1) is 11.8 Å². The minimum atomic E-state index is -3.26. The van der Waals surface area contributed by atoms with Gasteiger partial charge in [0.1, 0.15) is 5.84 Å². The van der Waals surface area contributed by atoms with E-state index in [1.54, 1.807) is 6.92 Å². The Morgan fingerprint density at radius 3 is 2.40 bits per heavy atom. The number of amidine groups is 1. The molecule has 0 radical (unpaired) electrons. The number of oxime groups is 1. The lowest BCUT2D eigenvalue weighted by Gasteiger charge is -2.12. The molecule has 7 heteroatoms. The molecule has 0 aromatic carbocycles. The van der Waals surface area contributed by atoms with Crippen molar-refractivity contribution in [3.63, 3.8) is 0 Å². The van der Waals surface area contributed by atoms with E-state index in [0.29, 0.717) is 0 Å². The smallest absolute Gasteiger partial charge is 0.211 e. The van der Waals surface area contributed by atoms with Gasteiger partial charge in [0.2, 0.25) is 10.0 Å². The van der Waals surface area contributed by atoms with Crippen LogP contribution in [0.3, 0.4) is 0 Å². The fraction of sp³-hybridized carbons (Fsp3) is 0.875. The van der Waals surface area contributed by atoms with Crippen molar-refractivity contribution in [2.75, 3.05) is 12.3 Å². The summed E-state index contributed by atoms with van der Waals surface area (Å²) >= 11 is 0. The maximum Gasteiger partial charge on any atom is 0.211 e. The average Bonchev–Trinajstić information content (AvgIpc) is 2.11. The van der Waals surface area contributed by atoms with Crippen molar-refractivity contribution in [3.8, 4) is 0 Å². The molecule has 0 saturated heterocycles. The van der Waals surface area contributed by atoms with Gasteiger partial charge >= 0.3 is 0 Å². The molecule has 0 fully saturated rings. The summed E-state index contributed by atoms with van der Waals surface area (Å²) in [4.78, 5) is 0. The van der Waals surface area contributed by atoms with Gasteiger partial charge < -0.3 is 10.9 Å². The van der Waals surface area contributed by atoms with E-state index < -0.39 is 10.0 Å². The molecular formula is C8H19N3O3S. The Morgan fingerprint density at radius 2 is 2.00 bits per heavy atom. The van der Waals surface area contributed by atoms with Crippen molar-refractivity contribution in [1.82, 2.24) is 4.72 Å². The molecule has 0 aliphatic rings. The van der Waals surface area contributed by atoms with Crippen molar-refractivity contribution in [2.45, 2.75) is 20.8 Å². The van der Waals surface area contributed by atoms with Crippen LogP contribution in [0.15, 0.2) is 5.16 Å². The molecule has 4 N–H and O–H groups in total.